The van der Waals surface area contributed by atoms with Gasteiger partial charge in [-0.15, -0.1) is 0 Å². The summed E-state index contributed by atoms with van der Waals surface area (Å²) in [5, 5.41) is 3.80. The van der Waals surface area contributed by atoms with Gasteiger partial charge in [-0.05, 0) is 30.7 Å². The fraction of sp³-hybridized carbons (Fsp3) is 0.200. The number of H-pyrrole nitrogens is 1. The number of para-hydroxylation sites is 1. The van der Waals surface area contributed by atoms with Gasteiger partial charge in [0, 0.05) is 41.8 Å². The summed E-state index contributed by atoms with van der Waals surface area (Å²) in [5.74, 6) is 0.673. The first-order valence-corrected chi connectivity index (χ1v) is 8.41. The van der Waals surface area contributed by atoms with Crippen LogP contribution >= 0.6 is 0 Å². The Morgan fingerprint density at radius 3 is 2.73 bits per heavy atom. The molecule has 0 unspecified atom stereocenters. The third-order valence-electron chi connectivity index (χ3n) is 4.19. The highest BCUT2D eigenvalue weighted by atomic mass is 16.5. The molecule has 2 aromatic carbocycles. The second kappa shape index (κ2) is 7.74. The molecule has 0 radical (unpaired) electrons. The number of benzene rings is 2. The number of anilines is 1. The summed E-state index contributed by atoms with van der Waals surface area (Å²) in [7, 11) is 1.58. The molecule has 26 heavy (non-hydrogen) atoms. The van der Waals surface area contributed by atoms with Gasteiger partial charge in [0.05, 0.1) is 7.11 Å². The molecule has 0 aliphatic carbocycles. The molecule has 0 spiro atoms. The third kappa shape index (κ3) is 3.85. The molecule has 2 amide bonds. The number of pyridine rings is 1. The third-order valence-corrected chi connectivity index (χ3v) is 4.19. The fourth-order valence-electron chi connectivity index (χ4n) is 2.84. The van der Waals surface area contributed by atoms with Gasteiger partial charge < -0.3 is 19.9 Å². The highest BCUT2D eigenvalue weighted by Crippen LogP contribution is 2.19. The van der Waals surface area contributed by atoms with Crippen molar-refractivity contribution in [3.05, 3.63) is 70.5 Å². The second-order valence-corrected chi connectivity index (χ2v) is 5.88. The van der Waals surface area contributed by atoms with Crippen LogP contribution in [0.3, 0.4) is 0 Å². The van der Waals surface area contributed by atoms with E-state index in [1.54, 1.807) is 30.2 Å². The Morgan fingerprint density at radius 2 is 1.96 bits per heavy atom. The van der Waals surface area contributed by atoms with Crippen molar-refractivity contribution in [1.82, 2.24) is 9.88 Å². The average molecular weight is 351 g/mol. The molecule has 1 heterocycles. The quantitative estimate of drug-likeness (QED) is 0.738. The van der Waals surface area contributed by atoms with E-state index in [0.29, 0.717) is 24.5 Å². The number of ether oxygens (including phenoxy) is 1. The number of amides is 2. The standard InChI is InChI=1S/C20H21N3O3/c1-3-23(20(25)21-15-7-6-8-16(12-15)26-2)13-14-11-19(24)22-18-10-5-4-9-17(14)18/h4-12H,3,13H2,1-2H3,(H,21,25)(H,22,24). The molecule has 1 aromatic heterocycles. The molecule has 6 heteroatoms. The molecule has 0 saturated heterocycles. The topological polar surface area (TPSA) is 74.4 Å². The highest BCUT2D eigenvalue weighted by Gasteiger charge is 2.14. The number of rotatable bonds is 5. The van der Waals surface area contributed by atoms with E-state index in [0.717, 1.165) is 16.5 Å². The summed E-state index contributed by atoms with van der Waals surface area (Å²) >= 11 is 0. The molecule has 0 bridgehead atoms. The summed E-state index contributed by atoms with van der Waals surface area (Å²) in [6.45, 7) is 2.76. The van der Waals surface area contributed by atoms with E-state index in [1.165, 1.54) is 0 Å². The highest BCUT2D eigenvalue weighted by molar-refractivity contribution is 5.90. The van der Waals surface area contributed by atoms with Crippen LogP contribution < -0.4 is 15.6 Å². The smallest absolute Gasteiger partial charge is 0.322 e. The van der Waals surface area contributed by atoms with Crippen LogP contribution in [0, 0.1) is 0 Å². The minimum atomic E-state index is -0.231. The predicted molar refractivity (Wildman–Crippen MR) is 103 cm³/mol. The van der Waals surface area contributed by atoms with Gasteiger partial charge >= 0.3 is 6.03 Å². The molecular formula is C20H21N3O3. The van der Waals surface area contributed by atoms with Gasteiger partial charge in [-0.1, -0.05) is 24.3 Å². The van der Waals surface area contributed by atoms with Crippen molar-refractivity contribution in [3.8, 4) is 5.75 Å². The Kier molecular flexibility index (Phi) is 5.22. The van der Waals surface area contributed by atoms with Crippen molar-refractivity contribution in [2.24, 2.45) is 0 Å². The first-order valence-electron chi connectivity index (χ1n) is 8.41. The molecule has 3 aromatic rings. The van der Waals surface area contributed by atoms with Gasteiger partial charge in [-0.3, -0.25) is 4.79 Å². The van der Waals surface area contributed by atoms with E-state index < -0.39 is 0 Å². The van der Waals surface area contributed by atoms with Crippen LogP contribution in [0.1, 0.15) is 12.5 Å². The van der Waals surface area contributed by atoms with Crippen LogP contribution in [0.25, 0.3) is 10.9 Å². The largest absolute Gasteiger partial charge is 0.497 e. The lowest BCUT2D eigenvalue weighted by Crippen LogP contribution is -2.34. The maximum Gasteiger partial charge on any atom is 0.322 e. The van der Waals surface area contributed by atoms with E-state index in [-0.39, 0.29) is 11.6 Å². The van der Waals surface area contributed by atoms with Gasteiger partial charge in [-0.25, -0.2) is 4.79 Å². The van der Waals surface area contributed by atoms with Crippen molar-refractivity contribution in [1.29, 1.82) is 0 Å². The summed E-state index contributed by atoms with van der Waals surface area (Å²) in [6, 6.07) is 16.1. The first kappa shape index (κ1) is 17.5. The van der Waals surface area contributed by atoms with E-state index in [1.807, 2.05) is 43.3 Å². The first-order chi connectivity index (χ1) is 12.6. The molecule has 0 atom stereocenters. The Balaban J connectivity index is 1.83. The number of nitrogens with one attached hydrogen (secondary N) is 2. The summed E-state index contributed by atoms with van der Waals surface area (Å²) in [5.41, 5.74) is 2.05. The molecule has 2 N–H and O–H groups in total. The molecule has 0 fully saturated rings. The number of hydrogen-bond acceptors (Lipinski definition) is 3. The van der Waals surface area contributed by atoms with Crippen LogP contribution in [0.15, 0.2) is 59.4 Å². The van der Waals surface area contributed by atoms with E-state index in [2.05, 4.69) is 10.3 Å². The lowest BCUT2D eigenvalue weighted by Gasteiger charge is -2.22. The summed E-state index contributed by atoms with van der Waals surface area (Å²) < 4.78 is 5.18. The molecule has 134 valence electrons. The van der Waals surface area contributed by atoms with Crippen molar-refractivity contribution < 1.29 is 9.53 Å². The maximum absolute atomic E-state index is 12.7. The van der Waals surface area contributed by atoms with Crippen LogP contribution in [0.4, 0.5) is 10.5 Å². The number of nitrogens with zero attached hydrogens (tertiary/aromatic N) is 1. The number of fused-ring (bicyclic) bond motifs is 1. The Hall–Kier alpha value is -3.28. The zero-order chi connectivity index (χ0) is 18.5. The van der Waals surface area contributed by atoms with Gasteiger partial charge in [0.2, 0.25) is 5.56 Å². The van der Waals surface area contributed by atoms with Crippen LogP contribution in [0.2, 0.25) is 0 Å². The number of aromatic amines is 1. The predicted octanol–water partition coefficient (Wildman–Crippen LogP) is 3.59. The molecule has 6 nitrogen and oxygen atoms in total. The SMILES string of the molecule is CCN(Cc1cc(=O)[nH]c2ccccc12)C(=O)Nc1cccc(OC)c1. The number of carbonyl (C=O) groups excluding carboxylic acids is 1. The van der Waals surface area contributed by atoms with Crippen LogP contribution in [-0.4, -0.2) is 29.6 Å². The number of hydrogen-bond donors (Lipinski definition) is 2. The number of carbonyl (C=O) groups is 1. The lowest BCUT2D eigenvalue weighted by atomic mass is 10.1. The minimum absolute atomic E-state index is 0.178. The van der Waals surface area contributed by atoms with Crippen molar-refractivity contribution in [3.63, 3.8) is 0 Å². The molecule has 0 aliphatic rings. The van der Waals surface area contributed by atoms with Gasteiger partial charge in [0.1, 0.15) is 5.75 Å². The van der Waals surface area contributed by atoms with E-state index in [9.17, 15) is 9.59 Å². The normalized spacial score (nSPS) is 10.5. The van der Waals surface area contributed by atoms with Crippen molar-refractivity contribution >= 4 is 22.6 Å². The number of urea groups is 1. The van der Waals surface area contributed by atoms with Gasteiger partial charge in [-0.2, -0.15) is 0 Å². The van der Waals surface area contributed by atoms with Gasteiger partial charge in [0.25, 0.3) is 0 Å². The zero-order valence-corrected chi connectivity index (χ0v) is 14.8. The monoisotopic (exact) mass is 351 g/mol. The molecule has 0 aliphatic heterocycles. The van der Waals surface area contributed by atoms with Gasteiger partial charge in [0.15, 0.2) is 0 Å². The molecule has 3 rings (SSSR count). The fourth-order valence-corrected chi connectivity index (χ4v) is 2.84. The number of methoxy groups -OCH3 is 1. The zero-order valence-electron chi connectivity index (χ0n) is 14.8. The Morgan fingerprint density at radius 1 is 1.15 bits per heavy atom. The van der Waals surface area contributed by atoms with E-state index >= 15 is 0 Å². The second-order valence-electron chi connectivity index (χ2n) is 5.88. The van der Waals surface area contributed by atoms with Crippen LogP contribution in [0.5, 0.6) is 5.75 Å². The molecule has 0 saturated carbocycles. The van der Waals surface area contributed by atoms with Crippen LogP contribution in [-0.2, 0) is 6.54 Å². The Labute approximate surface area is 151 Å². The maximum atomic E-state index is 12.7. The summed E-state index contributed by atoms with van der Waals surface area (Å²) in [4.78, 5) is 29.0. The Bertz CT molecular complexity index is 981. The lowest BCUT2D eigenvalue weighted by molar-refractivity contribution is 0.212. The summed E-state index contributed by atoms with van der Waals surface area (Å²) in [6.07, 6.45) is 0. The molecular weight excluding hydrogens is 330 g/mol. The number of aromatic nitrogens is 1. The minimum Gasteiger partial charge on any atom is -0.497 e. The van der Waals surface area contributed by atoms with Crippen molar-refractivity contribution in [2.45, 2.75) is 13.5 Å². The van der Waals surface area contributed by atoms with Crippen molar-refractivity contribution in [2.75, 3.05) is 19.0 Å². The average Bonchev–Trinajstić information content (AvgIpc) is 2.65. The van der Waals surface area contributed by atoms with E-state index in [4.69, 9.17) is 4.74 Å².